The molecule has 0 bridgehead atoms. The number of benzene rings is 2. The number of pyridine rings is 1. The molecule has 158 valence electrons. The second kappa shape index (κ2) is 7.94. The van der Waals surface area contributed by atoms with Crippen molar-refractivity contribution in [3.63, 3.8) is 0 Å². The molecule has 1 N–H and O–H groups in total. The van der Waals surface area contributed by atoms with E-state index in [9.17, 15) is 9.59 Å². The lowest BCUT2D eigenvalue weighted by Gasteiger charge is -2.38. The molecule has 1 spiro atoms. The third kappa shape index (κ3) is 3.66. The number of carbonyl (C=O) groups excluding carboxylic acids is 2. The molecule has 6 nitrogen and oxygen atoms in total. The smallest absolute Gasteiger partial charge is 0.322 e. The molecular weight excluding hydrogens is 412 g/mol. The fourth-order valence-corrected chi connectivity index (χ4v) is 4.92. The molecule has 1 atom stereocenters. The number of nitrogens with one attached hydrogen (secondary N) is 1. The molecule has 31 heavy (non-hydrogen) atoms. The summed E-state index contributed by atoms with van der Waals surface area (Å²) in [6, 6.07) is 17.3. The van der Waals surface area contributed by atoms with E-state index in [2.05, 4.69) is 27.3 Å². The van der Waals surface area contributed by atoms with Crippen LogP contribution >= 0.6 is 11.6 Å². The Morgan fingerprint density at radius 2 is 1.87 bits per heavy atom. The fourth-order valence-electron chi connectivity index (χ4n) is 4.71. The maximum Gasteiger partial charge on any atom is 0.325 e. The first kappa shape index (κ1) is 20.0. The Morgan fingerprint density at radius 3 is 2.71 bits per heavy atom. The Kier molecular flexibility index (Phi) is 5.12. The van der Waals surface area contributed by atoms with Gasteiger partial charge in [-0.1, -0.05) is 54.1 Å². The topological polar surface area (TPSA) is 65.5 Å². The standard InChI is InChI=1S/C24H23ClN4O2/c25-20-10-9-18-8-4-12-26-21(18)19(20)15-29-22(30)24(27-23(29)31)11-5-13-28(16-24)14-17-6-2-1-3-7-17/h1-4,6-10,12H,5,11,13-16H2,(H,27,31). The van der Waals surface area contributed by atoms with E-state index in [0.717, 1.165) is 24.9 Å². The highest BCUT2D eigenvalue weighted by molar-refractivity contribution is 6.32. The average molecular weight is 435 g/mol. The van der Waals surface area contributed by atoms with E-state index < -0.39 is 5.54 Å². The number of halogens is 1. The van der Waals surface area contributed by atoms with Gasteiger partial charge in [-0.05, 0) is 37.1 Å². The highest BCUT2D eigenvalue weighted by Gasteiger charge is 2.53. The fraction of sp³-hybridized carbons (Fsp3) is 0.292. The number of fused-ring (bicyclic) bond motifs is 1. The molecule has 0 aliphatic carbocycles. The van der Waals surface area contributed by atoms with Crippen LogP contribution in [0.1, 0.15) is 24.0 Å². The third-order valence-corrected chi connectivity index (χ3v) is 6.56. The molecular formula is C24H23ClN4O2. The number of nitrogens with zero attached hydrogens (tertiary/aromatic N) is 3. The van der Waals surface area contributed by atoms with Crippen LogP contribution in [0.3, 0.4) is 0 Å². The van der Waals surface area contributed by atoms with Crippen LogP contribution in [0.4, 0.5) is 4.79 Å². The van der Waals surface area contributed by atoms with Crippen LogP contribution in [0.25, 0.3) is 10.9 Å². The highest BCUT2D eigenvalue weighted by Crippen LogP contribution is 2.32. The van der Waals surface area contributed by atoms with Gasteiger partial charge in [-0.2, -0.15) is 0 Å². The zero-order chi connectivity index (χ0) is 21.4. The number of carbonyl (C=O) groups is 2. The molecule has 2 aliphatic rings. The van der Waals surface area contributed by atoms with Crippen LogP contribution in [0.5, 0.6) is 0 Å². The summed E-state index contributed by atoms with van der Waals surface area (Å²) in [5, 5.41) is 4.43. The Morgan fingerprint density at radius 1 is 1.03 bits per heavy atom. The van der Waals surface area contributed by atoms with Gasteiger partial charge in [0.15, 0.2) is 0 Å². The summed E-state index contributed by atoms with van der Waals surface area (Å²) < 4.78 is 0. The summed E-state index contributed by atoms with van der Waals surface area (Å²) in [7, 11) is 0. The van der Waals surface area contributed by atoms with Gasteiger partial charge in [-0.25, -0.2) is 4.79 Å². The minimum Gasteiger partial charge on any atom is -0.322 e. The predicted octanol–water partition coefficient (Wildman–Crippen LogP) is 3.97. The van der Waals surface area contributed by atoms with Gasteiger partial charge in [0.1, 0.15) is 5.54 Å². The monoisotopic (exact) mass is 434 g/mol. The van der Waals surface area contributed by atoms with Crippen LogP contribution < -0.4 is 5.32 Å². The van der Waals surface area contributed by atoms with Crippen LogP contribution in [-0.4, -0.2) is 45.4 Å². The van der Waals surface area contributed by atoms with E-state index in [1.165, 1.54) is 10.5 Å². The number of imide groups is 1. The molecule has 1 aromatic heterocycles. The van der Waals surface area contributed by atoms with E-state index in [1.807, 2.05) is 36.4 Å². The molecule has 5 rings (SSSR count). The lowest BCUT2D eigenvalue weighted by Crippen LogP contribution is -2.58. The summed E-state index contributed by atoms with van der Waals surface area (Å²) in [6.07, 6.45) is 3.18. The molecule has 0 saturated carbocycles. The van der Waals surface area contributed by atoms with Crippen molar-refractivity contribution in [1.29, 1.82) is 0 Å². The minimum atomic E-state index is -0.880. The van der Waals surface area contributed by atoms with Crippen molar-refractivity contribution in [2.45, 2.75) is 31.5 Å². The summed E-state index contributed by atoms with van der Waals surface area (Å²) in [5.41, 5.74) is 1.72. The molecule has 3 aromatic rings. The second-order valence-corrected chi connectivity index (χ2v) is 8.71. The number of urea groups is 1. The summed E-state index contributed by atoms with van der Waals surface area (Å²) >= 11 is 6.45. The molecule has 7 heteroatoms. The lowest BCUT2D eigenvalue weighted by molar-refractivity contribution is -0.133. The van der Waals surface area contributed by atoms with Crippen LogP contribution in [0.2, 0.25) is 5.02 Å². The first-order valence-corrected chi connectivity index (χ1v) is 10.9. The van der Waals surface area contributed by atoms with Crippen LogP contribution in [0, 0.1) is 0 Å². The maximum absolute atomic E-state index is 13.5. The number of hydrogen-bond acceptors (Lipinski definition) is 4. The number of rotatable bonds is 4. The minimum absolute atomic E-state index is 0.109. The van der Waals surface area contributed by atoms with E-state index in [1.54, 1.807) is 12.3 Å². The molecule has 1 unspecified atom stereocenters. The van der Waals surface area contributed by atoms with Gasteiger partial charge < -0.3 is 5.32 Å². The summed E-state index contributed by atoms with van der Waals surface area (Å²) in [6.45, 7) is 2.27. The van der Waals surface area contributed by atoms with Gasteiger partial charge in [0.25, 0.3) is 5.91 Å². The Balaban J connectivity index is 1.39. The Bertz CT molecular complexity index is 1150. The Labute approximate surface area is 185 Å². The van der Waals surface area contributed by atoms with Gasteiger partial charge in [-0.15, -0.1) is 0 Å². The van der Waals surface area contributed by atoms with Crippen molar-refractivity contribution in [1.82, 2.24) is 20.1 Å². The lowest BCUT2D eigenvalue weighted by atomic mass is 9.88. The number of hydrogen-bond donors (Lipinski definition) is 1. The van der Waals surface area contributed by atoms with Crippen molar-refractivity contribution < 1.29 is 9.59 Å². The molecule has 2 aliphatic heterocycles. The number of aromatic nitrogens is 1. The first-order valence-electron chi connectivity index (χ1n) is 10.5. The van der Waals surface area contributed by atoms with Crippen molar-refractivity contribution in [2.75, 3.05) is 13.1 Å². The van der Waals surface area contributed by atoms with Gasteiger partial charge in [0.05, 0.1) is 12.1 Å². The van der Waals surface area contributed by atoms with Crippen LogP contribution in [0.15, 0.2) is 60.8 Å². The first-order chi connectivity index (χ1) is 15.1. The van der Waals surface area contributed by atoms with Crippen molar-refractivity contribution in [2.24, 2.45) is 0 Å². The van der Waals surface area contributed by atoms with Crippen molar-refractivity contribution >= 4 is 34.4 Å². The largest absolute Gasteiger partial charge is 0.325 e. The second-order valence-electron chi connectivity index (χ2n) is 8.30. The van der Waals surface area contributed by atoms with E-state index in [0.29, 0.717) is 29.1 Å². The van der Waals surface area contributed by atoms with E-state index >= 15 is 0 Å². The van der Waals surface area contributed by atoms with E-state index in [4.69, 9.17) is 11.6 Å². The maximum atomic E-state index is 13.5. The highest BCUT2D eigenvalue weighted by atomic mass is 35.5. The zero-order valence-corrected chi connectivity index (χ0v) is 17.8. The van der Waals surface area contributed by atoms with Crippen molar-refractivity contribution in [3.05, 3.63) is 76.9 Å². The zero-order valence-electron chi connectivity index (χ0n) is 17.1. The summed E-state index contributed by atoms with van der Waals surface area (Å²) in [4.78, 5) is 34.4. The van der Waals surface area contributed by atoms with Gasteiger partial charge in [0.2, 0.25) is 0 Å². The number of likely N-dealkylation sites (tertiary alicyclic amines) is 1. The average Bonchev–Trinajstić information content (AvgIpc) is 3.00. The van der Waals surface area contributed by atoms with Crippen molar-refractivity contribution in [3.8, 4) is 0 Å². The quantitative estimate of drug-likeness (QED) is 0.631. The molecule has 2 aromatic carbocycles. The molecule has 3 amide bonds. The summed E-state index contributed by atoms with van der Waals surface area (Å²) in [5.74, 6) is -0.181. The van der Waals surface area contributed by atoms with E-state index in [-0.39, 0.29) is 18.5 Å². The normalized spacial score (nSPS) is 21.8. The molecule has 2 fully saturated rings. The number of piperidine rings is 1. The predicted molar refractivity (Wildman–Crippen MR) is 120 cm³/mol. The van der Waals surface area contributed by atoms with Crippen LogP contribution in [-0.2, 0) is 17.9 Å². The van der Waals surface area contributed by atoms with Gasteiger partial charge in [-0.3, -0.25) is 19.6 Å². The molecule has 0 radical (unpaired) electrons. The molecule has 3 heterocycles. The SMILES string of the molecule is O=C1NC2(CCCN(Cc3ccccc3)C2)C(=O)N1Cc1c(Cl)ccc2cccnc12. The number of amides is 3. The molecule has 2 saturated heterocycles. The Hall–Kier alpha value is -2.96. The third-order valence-electron chi connectivity index (χ3n) is 6.20. The van der Waals surface area contributed by atoms with Gasteiger partial charge in [0, 0.05) is 35.3 Å². The van der Waals surface area contributed by atoms with Gasteiger partial charge >= 0.3 is 6.03 Å².